The smallest absolute Gasteiger partial charge is 0.272 e. The quantitative estimate of drug-likeness (QED) is 0.686. The number of rotatable bonds is 3. The molecule has 0 radical (unpaired) electrons. The third-order valence-corrected chi connectivity index (χ3v) is 6.38. The van der Waals surface area contributed by atoms with E-state index in [2.05, 4.69) is 27.6 Å². The van der Waals surface area contributed by atoms with E-state index in [-0.39, 0.29) is 17.9 Å². The molecule has 2 N–H and O–H groups in total. The fourth-order valence-electron chi connectivity index (χ4n) is 4.75. The summed E-state index contributed by atoms with van der Waals surface area (Å²) in [5.74, 6) is -0.188. The molecule has 1 atom stereocenters. The summed E-state index contributed by atoms with van der Waals surface area (Å²) in [5, 5.41) is 10.5. The number of carbonyl (C=O) groups excluding carboxylic acids is 2. The van der Waals surface area contributed by atoms with Crippen molar-refractivity contribution in [1.29, 1.82) is 0 Å². The van der Waals surface area contributed by atoms with Crippen molar-refractivity contribution in [3.05, 3.63) is 87.7 Å². The number of aromatic amines is 1. The molecule has 0 fully saturated rings. The molecule has 31 heavy (non-hydrogen) atoms. The number of nitrogens with zero attached hydrogens (tertiary/aromatic N) is 2. The van der Waals surface area contributed by atoms with Gasteiger partial charge < -0.3 is 10.2 Å². The van der Waals surface area contributed by atoms with E-state index in [0.717, 1.165) is 36.1 Å². The Bertz CT molecular complexity index is 1150. The number of aromatic nitrogens is 2. The van der Waals surface area contributed by atoms with Crippen molar-refractivity contribution in [2.45, 2.75) is 45.2 Å². The molecular weight excluding hydrogens is 388 g/mol. The van der Waals surface area contributed by atoms with Gasteiger partial charge in [0.1, 0.15) is 0 Å². The van der Waals surface area contributed by atoms with Crippen molar-refractivity contribution >= 4 is 11.8 Å². The molecule has 2 aromatic carbocycles. The number of carbonyl (C=O) groups is 2. The molecule has 2 aliphatic rings. The van der Waals surface area contributed by atoms with Gasteiger partial charge in [0.2, 0.25) is 0 Å². The Balaban J connectivity index is 1.35. The van der Waals surface area contributed by atoms with Crippen LogP contribution in [0.3, 0.4) is 0 Å². The number of hydrogen-bond acceptors (Lipinski definition) is 3. The van der Waals surface area contributed by atoms with Crippen LogP contribution in [-0.4, -0.2) is 33.5 Å². The first-order valence-electron chi connectivity index (χ1n) is 10.9. The lowest BCUT2D eigenvalue weighted by atomic mass is 9.87. The predicted molar refractivity (Wildman–Crippen MR) is 118 cm³/mol. The van der Waals surface area contributed by atoms with Crippen LogP contribution < -0.4 is 5.32 Å². The molecule has 1 aliphatic carbocycles. The van der Waals surface area contributed by atoms with E-state index < -0.39 is 0 Å². The lowest BCUT2D eigenvalue weighted by molar-refractivity contribution is 0.0730. The summed E-state index contributed by atoms with van der Waals surface area (Å²) in [4.78, 5) is 28.0. The highest BCUT2D eigenvalue weighted by molar-refractivity contribution is 5.96. The number of benzene rings is 2. The summed E-state index contributed by atoms with van der Waals surface area (Å²) in [5.41, 5.74) is 6.41. The van der Waals surface area contributed by atoms with Crippen molar-refractivity contribution in [3.8, 4) is 0 Å². The molecule has 0 bridgehead atoms. The van der Waals surface area contributed by atoms with Crippen LogP contribution in [0, 0.1) is 6.92 Å². The predicted octanol–water partition coefficient (Wildman–Crippen LogP) is 3.72. The maximum absolute atomic E-state index is 13.1. The maximum atomic E-state index is 13.1. The summed E-state index contributed by atoms with van der Waals surface area (Å²) >= 11 is 0. The second-order valence-corrected chi connectivity index (χ2v) is 8.49. The Kier molecular flexibility index (Phi) is 5.06. The molecule has 6 nitrogen and oxygen atoms in total. The van der Waals surface area contributed by atoms with Gasteiger partial charge >= 0.3 is 0 Å². The third kappa shape index (κ3) is 3.74. The molecule has 0 unspecified atom stereocenters. The standard InChI is InChI=1S/C25H26N4O2/c1-16-6-4-9-18(14-16)25(31)29-13-12-22-20(15-29)23(28-27-22)24(30)26-21-11-5-8-17-7-2-3-10-19(17)21/h2-4,6-7,9-10,14,21H,5,8,11-13,15H2,1H3,(H,26,30)(H,27,28)/t21-/m1/s1. The minimum atomic E-state index is -0.177. The zero-order valence-corrected chi connectivity index (χ0v) is 17.6. The number of amides is 2. The lowest BCUT2D eigenvalue weighted by Crippen LogP contribution is -2.37. The van der Waals surface area contributed by atoms with E-state index in [9.17, 15) is 9.59 Å². The summed E-state index contributed by atoms with van der Waals surface area (Å²) in [6, 6.07) is 15.9. The topological polar surface area (TPSA) is 78.1 Å². The van der Waals surface area contributed by atoms with Gasteiger partial charge in [-0.1, -0.05) is 42.0 Å². The summed E-state index contributed by atoms with van der Waals surface area (Å²) in [6.45, 7) is 2.98. The SMILES string of the molecule is Cc1cccc(C(=O)N2CCc3[nH]nc(C(=O)N[C@@H]4CCCc5ccccc54)c3C2)c1. The molecular formula is C25H26N4O2. The van der Waals surface area contributed by atoms with Gasteiger partial charge in [0, 0.05) is 29.8 Å². The first kappa shape index (κ1) is 19.5. The molecule has 2 heterocycles. The van der Waals surface area contributed by atoms with Crippen molar-refractivity contribution < 1.29 is 9.59 Å². The fraction of sp³-hybridized carbons (Fsp3) is 0.320. The normalized spacial score (nSPS) is 17.6. The van der Waals surface area contributed by atoms with Crippen LogP contribution in [0.15, 0.2) is 48.5 Å². The van der Waals surface area contributed by atoms with Crippen LogP contribution in [-0.2, 0) is 19.4 Å². The molecule has 1 aromatic heterocycles. The van der Waals surface area contributed by atoms with Crippen LogP contribution in [0.1, 0.15) is 67.7 Å². The minimum absolute atomic E-state index is 0.00146. The fourth-order valence-corrected chi connectivity index (χ4v) is 4.75. The first-order chi connectivity index (χ1) is 15.1. The number of aryl methyl sites for hydroxylation is 2. The average Bonchev–Trinajstić information content (AvgIpc) is 3.22. The van der Waals surface area contributed by atoms with Gasteiger partial charge in [-0.15, -0.1) is 0 Å². The Morgan fingerprint density at radius 2 is 2.00 bits per heavy atom. The Hall–Kier alpha value is -3.41. The van der Waals surface area contributed by atoms with Crippen molar-refractivity contribution in [2.24, 2.45) is 0 Å². The maximum Gasteiger partial charge on any atom is 0.272 e. The lowest BCUT2D eigenvalue weighted by Gasteiger charge is -2.28. The zero-order valence-electron chi connectivity index (χ0n) is 17.6. The Morgan fingerprint density at radius 1 is 1.13 bits per heavy atom. The van der Waals surface area contributed by atoms with Gasteiger partial charge in [-0.25, -0.2) is 0 Å². The molecule has 3 aromatic rings. The molecule has 2 amide bonds. The first-order valence-corrected chi connectivity index (χ1v) is 10.9. The molecule has 158 valence electrons. The van der Waals surface area contributed by atoms with E-state index in [1.54, 1.807) is 4.90 Å². The van der Waals surface area contributed by atoms with Gasteiger partial charge in [0.05, 0.1) is 12.6 Å². The van der Waals surface area contributed by atoms with Gasteiger partial charge in [0.25, 0.3) is 11.8 Å². The van der Waals surface area contributed by atoms with Crippen LogP contribution in [0.2, 0.25) is 0 Å². The number of H-pyrrole nitrogens is 1. The van der Waals surface area contributed by atoms with Crippen LogP contribution in [0.25, 0.3) is 0 Å². The highest BCUT2D eigenvalue weighted by Gasteiger charge is 2.30. The van der Waals surface area contributed by atoms with Gasteiger partial charge in [0.15, 0.2) is 5.69 Å². The summed E-state index contributed by atoms with van der Waals surface area (Å²) in [7, 11) is 0. The van der Waals surface area contributed by atoms with Crippen LogP contribution in [0.5, 0.6) is 0 Å². The monoisotopic (exact) mass is 414 g/mol. The molecule has 6 heteroatoms. The Labute approximate surface area is 181 Å². The highest BCUT2D eigenvalue weighted by Crippen LogP contribution is 2.30. The molecule has 1 aliphatic heterocycles. The van der Waals surface area contributed by atoms with E-state index in [0.29, 0.717) is 30.8 Å². The molecule has 0 saturated carbocycles. The second kappa shape index (κ2) is 8.02. The Morgan fingerprint density at radius 3 is 2.87 bits per heavy atom. The van der Waals surface area contributed by atoms with Crippen LogP contribution >= 0.6 is 0 Å². The van der Waals surface area contributed by atoms with Gasteiger partial charge in [-0.05, 0) is 49.4 Å². The van der Waals surface area contributed by atoms with Crippen LogP contribution in [0.4, 0.5) is 0 Å². The summed E-state index contributed by atoms with van der Waals surface area (Å²) < 4.78 is 0. The zero-order chi connectivity index (χ0) is 21.4. The second-order valence-electron chi connectivity index (χ2n) is 8.49. The molecule has 0 saturated heterocycles. The largest absolute Gasteiger partial charge is 0.344 e. The third-order valence-electron chi connectivity index (χ3n) is 6.38. The minimum Gasteiger partial charge on any atom is -0.344 e. The number of fused-ring (bicyclic) bond motifs is 2. The van der Waals surface area contributed by atoms with E-state index in [4.69, 9.17) is 0 Å². The van der Waals surface area contributed by atoms with E-state index >= 15 is 0 Å². The van der Waals surface area contributed by atoms with Crippen molar-refractivity contribution in [3.63, 3.8) is 0 Å². The number of hydrogen-bond donors (Lipinski definition) is 2. The molecule has 5 rings (SSSR count). The molecule has 0 spiro atoms. The average molecular weight is 415 g/mol. The van der Waals surface area contributed by atoms with E-state index in [1.807, 2.05) is 43.3 Å². The highest BCUT2D eigenvalue weighted by atomic mass is 16.2. The number of nitrogens with one attached hydrogen (secondary N) is 2. The van der Waals surface area contributed by atoms with Crippen molar-refractivity contribution in [1.82, 2.24) is 20.4 Å². The van der Waals surface area contributed by atoms with Gasteiger partial charge in [-0.3, -0.25) is 14.7 Å². The van der Waals surface area contributed by atoms with Crippen molar-refractivity contribution in [2.75, 3.05) is 6.54 Å². The van der Waals surface area contributed by atoms with Gasteiger partial charge in [-0.2, -0.15) is 5.10 Å². The van der Waals surface area contributed by atoms with E-state index in [1.165, 1.54) is 11.1 Å². The summed E-state index contributed by atoms with van der Waals surface area (Å²) in [6.07, 6.45) is 3.70.